The Morgan fingerprint density at radius 3 is 2.55 bits per heavy atom. The number of anilines is 1. The van der Waals surface area contributed by atoms with Crippen LogP contribution >= 0.6 is 22.9 Å². The van der Waals surface area contributed by atoms with Crippen molar-refractivity contribution in [3.63, 3.8) is 0 Å². The van der Waals surface area contributed by atoms with Crippen LogP contribution in [0.25, 0.3) is 11.3 Å². The van der Waals surface area contributed by atoms with E-state index in [1.165, 1.54) is 11.3 Å². The lowest BCUT2D eigenvalue weighted by atomic mass is 10.1. The number of rotatable bonds is 9. The summed E-state index contributed by atoms with van der Waals surface area (Å²) in [6, 6.07) is 12.6. The number of aromatic nitrogens is 1. The van der Waals surface area contributed by atoms with Gasteiger partial charge in [0.1, 0.15) is 11.5 Å². The first-order valence-electron chi connectivity index (χ1n) is 9.83. The molecule has 0 N–H and O–H groups in total. The molecule has 0 atom stereocenters. The topological polar surface area (TPSA) is 54.9 Å². The number of methoxy groups -OCH3 is 2. The van der Waals surface area contributed by atoms with E-state index in [9.17, 15) is 4.79 Å². The summed E-state index contributed by atoms with van der Waals surface area (Å²) in [6.45, 7) is 1.39. The molecular formula is C23H26ClN3O3S. The molecule has 3 rings (SSSR count). The van der Waals surface area contributed by atoms with Crippen LogP contribution in [0.2, 0.25) is 5.02 Å². The van der Waals surface area contributed by atoms with Crippen molar-refractivity contribution in [2.24, 2.45) is 0 Å². The molecule has 0 saturated carbocycles. The number of carbonyl (C=O) groups excluding carboxylic acids is 1. The fourth-order valence-electron chi connectivity index (χ4n) is 3.14. The van der Waals surface area contributed by atoms with Crippen LogP contribution in [-0.4, -0.2) is 57.2 Å². The third-order valence-corrected chi connectivity index (χ3v) is 5.94. The third kappa shape index (κ3) is 5.55. The Hall–Kier alpha value is -2.61. The summed E-state index contributed by atoms with van der Waals surface area (Å²) in [6.07, 6.45) is 0.806. The maximum atomic E-state index is 13.4. The van der Waals surface area contributed by atoms with Gasteiger partial charge in [0.05, 0.1) is 30.5 Å². The van der Waals surface area contributed by atoms with Gasteiger partial charge >= 0.3 is 0 Å². The van der Waals surface area contributed by atoms with Crippen LogP contribution in [-0.2, 0) is 0 Å². The molecule has 0 bridgehead atoms. The highest BCUT2D eigenvalue weighted by atomic mass is 35.5. The molecule has 0 fully saturated rings. The van der Waals surface area contributed by atoms with Crippen LogP contribution in [0.3, 0.4) is 0 Å². The van der Waals surface area contributed by atoms with E-state index in [1.54, 1.807) is 31.3 Å². The third-order valence-electron chi connectivity index (χ3n) is 4.74. The van der Waals surface area contributed by atoms with Crippen LogP contribution in [0.1, 0.15) is 16.8 Å². The summed E-state index contributed by atoms with van der Waals surface area (Å²) in [5.74, 6) is 1.23. The van der Waals surface area contributed by atoms with Gasteiger partial charge in [-0.2, -0.15) is 0 Å². The molecule has 0 aliphatic rings. The molecule has 0 unspecified atom stereocenters. The van der Waals surface area contributed by atoms with E-state index in [-0.39, 0.29) is 5.91 Å². The highest BCUT2D eigenvalue weighted by Crippen LogP contribution is 2.36. The van der Waals surface area contributed by atoms with Crippen LogP contribution in [0.5, 0.6) is 11.5 Å². The van der Waals surface area contributed by atoms with Gasteiger partial charge in [-0.15, -0.1) is 11.3 Å². The quantitative estimate of drug-likeness (QED) is 0.446. The van der Waals surface area contributed by atoms with E-state index in [0.717, 1.165) is 24.2 Å². The predicted octanol–water partition coefficient (Wildman–Crippen LogP) is 5.08. The summed E-state index contributed by atoms with van der Waals surface area (Å²) in [7, 11) is 7.26. The molecule has 0 saturated heterocycles. The van der Waals surface area contributed by atoms with Crippen molar-refractivity contribution in [1.29, 1.82) is 0 Å². The summed E-state index contributed by atoms with van der Waals surface area (Å²) in [4.78, 5) is 21.9. The van der Waals surface area contributed by atoms with E-state index in [0.29, 0.717) is 33.8 Å². The molecule has 0 aliphatic heterocycles. The molecule has 0 aliphatic carbocycles. The minimum absolute atomic E-state index is 0.164. The van der Waals surface area contributed by atoms with Gasteiger partial charge < -0.3 is 14.4 Å². The molecule has 1 heterocycles. The smallest absolute Gasteiger partial charge is 0.261 e. The molecule has 2 aromatic carbocycles. The first-order chi connectivity index (χ1) is 14.9. The fourth-order valence-corrected chi connectivity index (χ4v) is 4.20. The lowest BCUT2D eigenvalue weighted by Crippen LogP contribution is -2.33. The maximum Gasteiger partial charge on any atom is 0.261 e. The van der Waals surface area contributed by atoms with Crippen molar-refractivity contribution in [1.82, 2.24) is 9.88 Å². The van der Waals surface area contributed by atoms with E-state index in [2.05, 4.69) is 4.90 Å². The van der Waals surface area contributed by atoms with Gasteiger partial charge in [0.15, 0.2) is 5.13 Å². The van der Waals surface area contributed by atoms with Gasteiger partial charge in [-0.05, 0) is 57.4 Å². The Kier molecular flexibility index (Phi) is 7.90. The minimum atomic E-state index is -0.164. The van der Waals surface area contributed by atoms with Crippen LogP contribution < -0.4 is 14.4 Å². The fraction of sp³-hybridized carbons (Fsp3) is 0.304. The highest BCUT2D eigenvalue weighted by molar-refractivity contribution is 7.14. The number of hydrogen-bond donors (Lipinski definition) is 0. The van der Waals surface area contributed by atoms with Crippen molar-refractivity contribution in [2.75, 3.05) is 46.3 Å². The number of halogens is 1. The molecule has 0 radical (unpaired) electrons. The number of thiazole rings is 1. The maximum absolute atomic E-state index is 13.4. The summed E-state index contributed by atoms with van der Waals surface area (Å²) in [5, 5.41) is 2.96. The Bertz CT molecular complexity index is 1040. The van der Waals surface area contributed by atoms with Gasteiger partial charge in [-0.1, -0.05) is 23.7 Å². The first-order valence-corrected chi connectivity index (χ1v) is 11.1. The van der Waals surface area contributed by atoms with Gasteiger partial charge in [-0.3, -0.25) is 9.69 Å². The van der Waals surface area contributed by atoms with Crippen molar-refractivity contribution in [3.05, 3.63) is 58.4 Å². The van der Waals surface area contributed by atoms with Crippen LogP contribution in [0.4, 0.5) is 5.13 Å². The van der Waals surface area contributed by atoms with Crippen molar-refractivity contribution >= 4 is 34.0 Å². The monoisotopic (exact) mass is 459 g/mol. The lowest BCUT2D eigenvalue weighted by Gasteiger charge is -2.21. The standard InChI is InChI=1S/C23H26ClN3O3S/c1-26(2)12-7-13-27(22(28)17-8-5-6-9-19(17)24)23-25-20(15-31-23)18-14-16(29-3)10-11-21(18)30-4/h5-6,8-11,14-15H,7,12-13H2,1-4H3. The second-order valence-corrected chi connectivity index (χ2v) is 8.42. The molecule has 164 valence electrons. The Morgan fingerprint density at radius 1 is 1.10 bits per heavy atom. The van der Waals surface area contributed by atoms with Crippen molar-refractivity contribution in [2.45, 2.75) is 6.42 Å². The zero-order valence-electron chi connectivity index (χ0n) is 18.1. The number of hydrogen-bond acceptors (Lipinski definition) is 6. The minimum Gasteiger partial charge on any atom is -0.497 e. The van der Waals surface area contributed by atoms with Crippen molar-refractivity contribution < 1.29 is 14.3 Å². The summed E-state index contributed by atoms with van der Waals surface area (Å²) >= 11 is 7.72. The van der Waals surface area contributed by atoms with E-state index in [1.807, 2.05) is 49.8 Å². The van der Waals surface area contributed by atoms with Gasteiger partial charge in [-0.25, -0.2) is 4.98 Å². The number of ether oxygens (including phenoxy) is 2. The second-order valence-electron chi connectivity index (χ2n) is 7.18. The van der Waals surface area contributed by atoms with Crippen LogP contribution in [0, 0.1) is 0 Å². The number of carbonyl (C=O) groups is 1. The molecule has 31 heavy (non-hydrogen) atoms. The summed E-state index contributed by atoms with van der Waals surface area (Å²) in [5.41, 5.74) is 1.99. The molecule has 8 heteroatoms. The molecule has 1 amide bonds. The van der Waals surface area contributed by atoms with E-state index < -0.39 is 0 Å². The average Bonchev–Trinajstić information content (AvgIpc) is 3.25. The first kappa shape index (κ1) is 23.1. The predicted molar refractivity (Wildman–Crippen MR) is 127 cm³/mol. The van der Waals surface area contributed by atoms with E-state index in [4.69, 9.17) is 26.1 Å². The van der Waals surface area contributed by atoms with Gasteiger partial charge in [0.25, 0.3) is 5.91 Å². The molecular weight excluding hydrogens is 434 g/mol. The Morgan fingerprint density at radius 2 is 1.87 bits per heavy atom. The zero-order valence-corrected chi connectivity index (χ0v) is 19.7. The Labute approximate surface area is 192 Å². The number of benzene rings is 2. The lowest BCUT2D eigenvalue weighted by molar-refractivity contribution is 0.0986. The summed E-state index contributed by atoms with van der Waals surface area (Å²) < 4.78 is 10.8. The molecule has 3 aromatic rings. The second kappa shape index (κ2) is 10.6. The van der Waals surface area contributed by atoms with Crippen molar-refractivity contribution in [3.8, 4) is 22.8 Å². The zero-order chi connectivity index (χ0) is 22.4. The SMILES string of the molecule is COc1ccc(OC)c(-c2csc(N(CCCN(C)C)C(=O)c3ccccc3Cl)n2)c1. The molecule has 1 aromatic heterocycles. The Balaban J connectivity index is 1.96. The van der Waals surface area contributed by atoms with E-state index >= 15 is 0 Å². The molecule has 6 nitrogen and oxygen atoms in total. The average molecular weight is 460 g/mol. The largest absolute Gasteiger partial charge is 0.497 e. The highest BCUT2D eigenvalue weighted by Gasteiger charge is 2.23. The van der Waals surface area contributed by atoms with Crippen LogP contribution in [0.15, 0.2) is 47.8 Å². The number of nitrogens with zero attached hydrogens (tertiary/aromatic N) is 3. The molecule has 0 spiro atoms. The number of amides is 1. The van der Waals surface area contributed by atoms with Gasteiger partial charge in [0.2, 0.25) is 0 Å². The van der Waals surface area contributed by atoms with Gasteiger partial charge in [0, 0.05) is 17.5 Å². The normalized spacial score (nSPS) is 10.9.